The standard InChI is InChI=1S/C24H16BrN3O3/c1-14-9-10-28-20(11-14)26-21(15-5-3-2-4-6-15)22(28)27-23(29)18-13-16-12-17(25)7-8-19(16)31-24(18)30/h2-13H,1H3,(H,27,29). The van der Waals surface area contributed by atoms with E-state index >= 15 is 0 Å². The fourth-order valence-corrected chi connectivity index (χ4v) is 3.87. The molecule has 0 saturated heterocycles. The highest BCUT2D eigenvalue weighted by Crippen LogP contribution is 2.29. The van der Waals surface area contributed by atoms with Crippen molar-refractivity contribution < 1.29 is 9.21 Å². The minimum Gasteiger partial charge on any atom is -0.422 e. The lowest BCUT2D eigenvalue weighted by molar-refractivity contribution is 0.102. The van der Waals surface area contributed by atoms with E-state index in [1.165, 1.54) is 6.07 Å². The SMILES string of the molecule is Cc1ccn2c(NC(=O)c3cc4cc(Br)ccc4oc3=O)c(-c3ccccc3)nc2c1. The second kappa shape index (κ2) is 7.52. The Morgan fingerprint density at radius 3 is 2.68 bits per heavy atom. The molecule has 1 N–H and O–H groups in total. The van der Waals surface area contributed by atoms with Crippen LogP contribution < -0.4 is 10.9 Å². The number of rotatable bonds is 3. The lowest BCUT2D eigenvalue weighted by Crippen LogP contribution is -2.21. The number of halogens is 1. The number of pyridine rings is 1. The van der Waals surface area contributed by atoms with E-state index in [0.29, 0.717) is 28.1 Å². The highest BCUT2D eigenvalue weighted by molar-refractivity contribution is 9.10. The number of aromatic nitrogens is 2. The van der Waals surface area contributed by atoms with Gasteiger partial charge in [0.05, 0.1) is 0 Å². The Morgan fingerprint density at radius 2 is 1.87 bits per heavy atom. The zero-order valence-corrected chi connectivity index (χ0v) is 18.0. The molecule has 0 aliphatic rings. The van der Waals surface area contributed by atoms with Crippen LogP contribution in [0.25, 0.3) is 27.9 Å². The molecule has 0 fully saturated rings. The van der Waals surface area contributed by atoms with Crippen LogP contribution in [-0.4, -0.2) is 15.3 Å². The van der Waals surface area contributed by atoms with Gasteiger partial charge in [0.15, 0.2) is 0 Å². The second-order valence-electron chi connectivity index (χ2n) is 7.19. The number of aryl methyl sites for hydroxylation is 1. The zero-order valence-electron chi connectivity index (χ0n) is 16.4. The number of carbonyl (C=O) groups is 1. The maximum absolute atomic E-state index is 13.1. The summed E-state index contributed by atoms with van der Waals surface area (Å²) in [7, 11) is 0. The van der Waals surface area contributed by atoms with E-state index in [9.17, 15) is 9.59 Å². The summed E-state index contributed by atoms with van der Waals surface area (Å²) in [6.07, 6.45) is 1.85. The summed E-state index contributed by atoms with van der Waals surface area (Å²) in [5.41, 5.74) is 2.87. The second-order valence-corrected chi connectivity index (χ2v) is 8.11. The molecular formula is C24H16BrN3O3. The number of amides is 1. The van der Waals surface area contributed by atoms with E-state index in [1.807, 2.05) is 55.6 Å². The molecular weight excluding hydrogens is 458 g/mol. The predicted molar refractivity (Wildman–Crippen MR) is 124 cm³/mol. The maximum Gasteiger partial charge on any atom is 0.349 e. The largest absolute Gasteiger partial charge is 0.422 e. The van der Waals surface area contributed by atoms with Gasteiger partial charge in [0.2, 0.25) is 0 Å². The number of nitrogens with one attached hydrogen (secondary N) is 1. The van der Waals surface area contributed by atoms with Crippen LogP contribution in [0.15, 0.2) is 86.6 Å². The van der Waals surface area contributed by atoms with Crippen molar-refractivity contribution in [1.29, 1.82) is 0 Å². The first-order valence-corrected chi connectivity index (χ1v) is 10.4. The molecule has 0 spiro atoms. The Hall–Kier alpha value is -3.71. The Morgan fingerprint density at radius 1 is 1.06 bits per heavy atom. The molecule has 5 rings (SSSR count). The van der Waals surface area contributed by atoms with E-state index in [-0.39, 0.29) is 5.56 Å². The summed E-state index contributed by atoms with van der Waals surface area (Å²) in [4.78, 5) is 30.3. The number of carbonyl (C=O) groups excluding carboxylic acids is 1. The topological polar surface area (TPSA) is 76.6 Å². The van der Waals surface area contributed by atoms with Crippen molar-refractivity contribution >= 4 is 44.3 Å². The summed E-state index contributed by atoms with van der Waals surface area (Å²) >= 11 is 3.40. The third-order valence-electron chi connectivity index (χ3n) is 5.00. The van der Waals surface area contributed by atoms with Crippen LogP contribution in [0.4, 0.5) is 5.82 Å². The Labute approximate surface area is 185 Å². The number of fused-ring (bicyclic) bond motifs is 2. The molecule has 5 aromatic rings. The van der Waals surface area contributed by atoms with Gasteiger partial charge in [-0.3, -0.25) is 9.20 Å². The molecule has 6 nitrogen and oxygen atoms in total. The van der Waals surface area contributed by atoms with Gasteiger partial charge in [0, 0.05) is 21.6 Å². The maximum atomic E-state index is 13.1. The quantitative estimate of drug-likeness (QED) is 0.354. The smallest absolute Gasteiger partial charge is 0.349 e. The van der Waals surface area contributed by atoms with Crippen molar-refractivity contribution in [2.24, 2.45) is 0 Å². The van der Waals surface area contributed by atoms with E-state index in [4.69, 9.17) is 9.40 Å². The number of nitrogens with zero attached hydrogens (tertiary/aromatic N) is 2. The molecule has 3 aromatic heterocycles. The first kappa shape index (κ1) is 19.3. The van der Waals surface area contributed by atoms with Crippen LogP contribution in [-0.2, 0) is 0 Å². The predicted octanol–water partition coefficient (Wildman–Crippen LogP) is 5.43. The lowest BCUT2D eigenvalue weighted by Gasteiger charge is -2.08. The molecule has 0 radical (unpaired) electrons. The third-order valence-corrected chi connectivity index (χ3v) is 5.49. The van der Waals surface area contributed by atoms with Crippen molar-refractivity contribution in [3.05, 3.63) is 98.9 Å². The summed E-state index contributed by atoms with van der Waals surface area (Å²) in [6, 6.07) is 20.2. The van der Waals surface area contributed by atoms with Crippen LogP contribution in [0.2, 0.25) is 0 Å². The van der Waals surface area contributed by atoms with Gasteiger partial charge in [-0.25, -0.2) is 9.78 Å². The number of hydrogen-bond donors (Lipinski definition) is 1. The van der Waals surface area contributed by atoms with E-state index in [2.05, 4.69) is 21.2 Å². The summed E-state index contributed by atoms with van der Waals surface area (Å²) in [6.45, 7) is 1.98. The number of benzene rings is 2. The molecule has 0 saturated carbocycles. The lowest BCUT2D eigenvalue weighted by atomic mass is 10.1. The van der Waals surface area contributed by atoms with E-state index < -0.39 is 11.5 Å². The molecule has 3 heterocycles. The van der Waals surface area contributed by atoms with Crippen molar-refractivity contribution in [3.8, 4) is 11.3 Å². The monoisotopic (exact) mass is 473 g/mol. The van der Waals surface area contributed by atoms with Gasteiger partial charge in [0.25, 0.3) is 5.91 Å². The summed E-state index contributed by atoms with van der Waals surface area (Å²) < 4.78 is 7.97. The van der Waals surface area contributed by atoms with Gasteiger partial charge in [-0.2, -0.15) is 0 Å². The highest BCUT2D eigenvalue weighted by Gasteiger charge is 2.20. The van der Waals surface area contributed by atoms with Crippen LogP contribution >= 0.6 is 15.9 Å². The minimum absolute atomic E-state index is 0.0772. The van der Waals surface area contributed by atoms with Crippen LogP contribution in [0.5, 0.6) is 0 Å². The molecule has 0 aliphatic heterocycles. The van der Waals surface area contributed by atoms with Crippen LogP contribution in [0.1, 0.15) is 15.9 Å². The zero-order chi connectivity index (χ0) is 21.5. The molecule has 0 bridgehead atoms. The number of anilines is 1. The van der Waals surface area contributed by atoms with Gasteiger partial charge in [-0.1, -0.05) is 46.3 Å². The molecule has 7 heteroatoms. The van der Waals surface area contributed by atoms with Gasteiger partial charge in [-0.15, -0.1) is 0 Å². The van der Waals surface area contributed by atoms with Crippen molar-refractivity contribution in [2.75, 3.05) is 5.32 Å². The molecule has 0 atom stereocenters. The van der Waals surface area contributed by atoms with Gasteiger partial charge >= 0.3 is 5.63 Å². The molecule has 1 amide bonds. The normalized spacial score (nSPS) is 11.2. The van der Waals surface area contributed by atoms with Crippen LogP contribution in [0.3, 0.4) is 0 Å². The Bertz CT molecular complexity index is 1520. The third kappa shape index (κ3) is 3.53. The molecule has 0 aliphatic carbocycles. The van der Waals surface area contributed by atoms with Gasteiger partial charge in [-0.05, 0) is 48.9 Å². The number of imidazole rings is 1. The molecule has 152 valence electrons. The summed E-state index contributed by atoms with van der Waals surface area (Å²) in [5.74, 6) is -0.0740. The fourth-order valence-electron chi connectivity index (χ4n) is 3.49. The number of hydrogen-bond acceptors (Lipinski definition) is 4. The Kier molecular flexibility index (Phi) is 4.67. The fraction of sp³-hybridized carbons (Fsp3) is 0.0417. The van der Waals surface area contributed by atoms with Crippen LogP contribution in [0, 0.1) is 6.92 Å². The first-order valence-electron chi connectivity index (χ1n) is 9.58. The Balaban J connectivity index is 1.63. The highest BCUT2D eigenvalue weighted by atomic mass is 79.9. The minimum atomic E-state index is -0.696. The average Bonchev–Trinajstić information content (AvgIpc) is 3.11. The van der Waals surface area contributed by atoms with E-state index in [1.54, 1.807) is 22.6 Å². The van der Waals surface area contributed by atoms with Crippen molar-refractivity contribution in [1.82, 2.24) is 9.38 Å². The molecule has 0 unspecified atom stereocenters. The average molecular weight is 474 g/mol. The van der Waals surface area contributed by atoms with Crippen molar-refractivity contribution in [2.45, 2.75) is 6.92 Å². The van der Waals surface area contributed by atoms with Gasteiger partial charge < -0.3 is 9.73 Å². The van der Waals surface area contributed by atoms with E-state index in [0.717, 1.165) is 15.6 Å². The first-order chi connectivity index (χ1) is 15.0. The summed E-state index contributed by atoms with van der Waals surface area (Å²) in [5, 5.41) is 3.53. The molecule has 2 aromatic carbocycles. The molecule has 31 heavy (non-hydrogen) atoms. The van der Waals surface area contributed by atoms with Crippen molar-refractivity contribution in [3.63, 3.8) is 0 Å². The van der Waals surface area contributed by atoms with Gasteiger partial charge in [0.1, 0.15) is 28.3 Å².